The van der Waals surface area contributed by atoms with E-state index in [-0.39, 0.29) is 76.5 Å². The van der Waals surface area contributed by atoms with Gasteiger partial charge in [-0.3, -0.25) is 9.58 Å². The molecular formula is C39H39F4N7O3. The van der Waals surface area contributed by atoms with Gasteiger partial charge in [0.1, 0.15) is 35.0 Å². The number of nitrogens with zero attached hydrogens (tertiary/aromatic N) is 7. The number of anilines is 1. The Morgan fingerprint density at radius 2 is 1.81 bits per heavy atom. The van der Waals surface area contributed by atoms with Crippen molar-refractivity contribution >= 4 is 38.4 Å². The minimum atomic E-state index is -2.93. The summed E-state index contributed by atoms with van der Waals surface area (Å²) in [5.41, 5.74) is -1.29. The molecule has 0 radical (unpaired) electrons. The fourth-order valence-corrected chi connectivity index (χ4v) is 8.98. The van der Waals surface area contributed by atoms with Crippen molar-refractivity contribution in [2.45, 2.75) is 37.3 Å². The summed E-state index contributed by atoms with van der Waals surface area (Å²) in [4.78, 5) is 15.9. The molecule has 1 saturated carbocycles. The van der Waals surface area contributed by atoms with Gasteiger partial charge in [0.15, 0.2) is 5.82 Å². The van der Waals surface area contributed by atoms with E-state index in [0.717, 1.165) is 45.7 Å². The second kappa shape index (κ2) is 12.2. The number of hydrogen-bond donors (Lipinski definition) is 1. The van der Waals surface area contributed by atoms with E-state index >= 15 is 8.78 Å². The Morgan fingerprint density at radius 3 is 2.45 bits per heavy atom. The summed E-state index contributed by atoms with van der Waals surface area (Å²) < 4.78 is 75.6. The van der Waals surface area contributed by atoms with Gasteiger partial charge in [0.25, 0.3) is 5.92 Å². The summed E-state index contributed by atoms with van der Waals surface area (Å²) in [6.45, 7) is 3.73. The lowest BCUT2D eigenvalue weighted by atomic mass is 9.91. The Labute approximate surface area is 303 Å². The molecule has 3 atom stereocenters. The fraction of sp³-hybridized carbons (Fsp3) is 0.462. The topological polar surface area (TPSA) is 92.0 Å². The number of aromatic hydroxyl groups is 1. The Kier molecular flexibility index (Phi) is 7.82. The first-order valence-electron chi connectivity index (χ1n) is 17.9. The Bertz CT molecular complexity index is 2340. The molecule has 14 heteroatoms. The van der Waals surface area contributed by atoms with E-state index in [1.807, 2.05) is 0 Å². The average Bonchev–Trinajstić information content (AvgIpc) is 3.28. The molecule has 9 rings (SSSR count). The molecule has 53 heavy (non-hydrogen) atoms. The van der Waals surface area contributed by atoms with E-state index in [1.54, 1.807) is 36.9 Å². The SMILES string of the molecule is C#Cc1c(F)ccc2cc(O)cc(-c3c(F)c4nc(OC[C@]5(CN(C)C)CC5(F)F)nc(N5[C@@H]6CC[C@H]5CN(CC5COC5)C6)c4c4cn(C)nc34)c12. The molecular weight excluding hydrogens is 690 g/mol. The highest BCUT2D eigenvalue weighted by molar-refractivity contribution is 6.18. The first-order chi connectivity index (χ1) is 25.4. The summed E-state index contributed by atoms with van der Waals surface area (Å²) in [7, 11) is 5.17. The molecule has 0 amide bonds. The number of hydrogen-bond acceptors (Lipinski definition) is 9. The lowest BCUT2D eigenvalue weighted by Crippen LogP contribution is -2.56. The van der Waals surface area contributed by atoms with Crippen molar-refractivity contribution in [3.63, 3.8) is 0 Å². The van der Waals surface area contributed by atoms with Crippen LogP contribution < -0.4 is 9.64 Å². The van der Waals surface area contributed by atoms with Gasteiger partial charge >= 0.3 is 6.01 Å². The highest BCUT2D eigenvalue weighted by atomic mass is 19.3. The Hall–Kier alpha value is -4.71. The molecule has 3 aliphatic heterocycles. The minimum absolute atomic E-state index is 0.0417. The van der Waals surface area contributed by atoms with Crippen LogP contribution in [0.15, 0.2) is 30.5 Å². The normalized spacial score (nSPS) is 24.0. The molecule has 4 aliphatic rings. The molecule has 5 heterocycles. The molecule has 4 fully saturated rings. The molecule has 10 nitrogen and oxygen atoms in total. The van der Waals surface area contributed by atoms with Gasteiger partial charge in [-0.1, -0.05) is 12.0 Å². The highest BCUT2D eigenvalue weighted by Gasteiger charge is 2.71. The van der Waals surface area contributed by atoms with Crippen LogP contribution in [-0.4, -0.2) is 113 Å². The van der Waals surface area contributed by atoms with E-state index < -0.39 is 23.0 Å². The maximum absolute atomic E-state index is 17.7. The maximum atomic E-state index is 17.7. The number of terminal acetylenes is 1. The Morgan fingerprint density at radius 1 is 1.08 bits per heavy atom. The number of ether oxygens (including phenoxy) is 2. The summed E-state index contributed by atoms with van der Waals surface area (Å²) in [6.07, 6.45) is 9.01. The third kappa shape index (κ3) is 5.46. The molecule has 3 saturated heterocycles. The standard InChI is InChI=1S/C39H39F4N7O3/c1-5-26-29(40)9-6-22-10-25(51)11-27(30(22)26)31-33(41)35-32(28-15-48(4)46-34(28)31)36(45-37(44-35)53-20-38(19-47(2)3)18-39(38,42)43)50-23-7-8-24(50)14-49(13-23)12-21-16-52-17-21/h1,6,9-11,15,21,23-24,51H,7-8,12-14,16-20H2,2-4H3/t23-,24+,38-/m1/s1. The zero-order valence-corrected chi connectivity index (χ0v) is 29.7. The van der Waals surface area contributed by atoms with Crippen molar-refractivity contribution in [3.8, 4) is 35.2 Å². The number of piperazine rings is 1. The minimum Gasteiger partial charge on any atom is -0.508 e. The number of benzene rings is 3. The number of aryl methyl sites for hydroxylation is 1. The van der Waals surface area contributed by atoms with E-state index in [0.29, 0.717) is 27.9 Å². The summed E-state index contributed by atoms with van der Waals surface area (Å²) in [5.74, 6) is -1.25. The fourth-order valence-electron chi connectivity index (χ4n) is 8.98. The molecule has 0 spiro atoms. The van der Waals surface area contributed by atoms with Crippen LogP contribution in [0.25, 0.3) is 43.7 Å². The van der Waals surface area contributed by atoms with Crippen molar-refractivity contribution in [1.82, 2.24) is 29.5 Å². The van der Waals surface area contributed by atoms with E-state index in [9.17, 15) is 13.9 Å². The zero-order chi connectivity index (χ0) is 37.0. The van der Waals surface area contributed by atoms with Crippen LogP contribution in [0.1, 0.15) is 24.8 Å². The van der Waals surface area contributed by atoms with Crippen molar-refractivity contribution in [3.05, 3.63) is 47.7 Å². The molecule has 0 unspecified atom stereocenters. The smallest absolute Gasteiger partial charge is 0.319 e. The second-order valence-electron chi connectivity index (χ2n) is 15.6. The van der Waals surface area contributed by atoms with Gasteiger partial charge in [-0.15, -0.1) is 6.42 Å². The second-order valence-corrected chi connectivity index (χ2v) is 15.6. The van der Waals surface area contributed by atoms with Gasteiger partial charge in [-0.25, -0.2) is 17.6 Å². The quantitative estimate of drug-likeness (QED) is 0.155. The number of phenols is 1. The van der Waals surface area contributed by atoms with Gasteiger partial charge in [0.05, 0.1) is 29.6 Å². The van der Waals surface area contributed by atoms with Gasteiger partial charge in [0.2, 0.25) is 0 Å². The molecule has 2 bridgehead atoms. The Balaban J connectivity index is 1.26. The number of likely N-dealkylation sites (tertiary alicyclic amines) is 1. The van der Waals surface area contributed by atoms with Crippen molar-refractivity contribution in [2.75, 3.05) is 65.0 Å². The van der Waals surface area contributed by atoms with Crippen LogP contribution in [-0.2, 0) is 11.8 Å². The van der Waals surface area contributed by atoms with Crippen LogP contribution in [0.5, 0.6) is 11.8 Å². The van der Waals surface area contributed by atoms with Crippen LogP contribution in [0.2, 0.25) is 0 Å². The number of phenolic OH excluding ortho intramolecular Hbond substituents is 1. The number of fused-ring (bicyclic) bond motifs is 6. The van der Waals surface area contributed by atoms with Crippen molar-refractivity contribution in [2.24, 2.45) is 18.4 Å². The molecule has 2 aromatic heterocycles. The number of alkyl halides is 2. The van der Waals surface area contributed by atoms with Crippen molar-refractivity contribution in [1.29, 1.82) is 0 Å². The summed E-state index contributed by atoms with van der Waals surface area (Å²) in [6, 6.07) is 5.35. The largest absolute Gasteiger partial charge is 0.508 e. The molecule has 276 valence electrons. The molecule has 5 aromatic rings. The van der Waals surface area contributed by atoms with Crippen molar-refractivity contribution < 1.29 is 32.1 Å². The lowest BCUT2D eigenvalue weighted by Gasteiger charge is -2.44. The number of aromatic nitrogens is 4. The van der Waals surface area contributed by atoms with Gasteiger partial charge in [-0.2, -0.15) is 15.1 Å². The highest BCUT2D eigenvalue weighted by Crippen LogP contribution is 2.60. The van der Waals surface area contributed by atoms with Gasteiger partial charge in [-0.05, 0) is 56.1 Å². The lowest BCUT2D eigenvalue weighted by molar-refractivity contribution is -0.0484. The third-order valence-electron chi connectivity index (χ3n) is 11.4. The van der Waals surface area contributed by atoms with Gasteiger partial charge < -0.3 is 24.4 Å². The van der Waals surface area contributed by atoms with E-state index in [4.69, 9.17) is 26.0 Å². The molecule has 1 aliphatic carbocycles. The average molecular weight is 730 g/mol. The van der Waals surface area contributed by atoms with Crippen LogP contribution in [0.3, 0.4) is 0 Å². The monoisotopic (exact) mass is 729 g/mol. The summed E-state index contributed by atoms with van der Waals surface area (Å²) >= 11 is 0. The van der Waals surface area contributed by atoms with E-state index in [2.05, 4.69) is 20.7 Å². The molecule has 1 N–H and O–H groups in total. The maximum Gasteiger partial charge on any atom is 0.319 e. The van der Waals surface area contributed by atoms with Gasteiger partial charge in [0, 0.05) is 80.2 Å². The summed E-state index contributed by atoms with van der Waals surface area (Å²) in [5, 5.41) is 17.1. The van der Waals surface area contributed by atoms with Crippen LogP contribution in [0, 0.1) is 35.3 Å². The number of rotatable bonds is 9. The van der Waals surface area contributed by atoms with Crippen LogP contribution >= 0.6 is 0 Å². The van der Waals surface area contributed by atoms with Crippen LogP contribution in [0.4, 0.5) is 23.4 Å². The zero-order valence-electron chi connectivity index (χ0n) is 29.7. The first kappa shape index (κ1) is 34.1. The predicted octanol–water partition coefficient (Wildman–Crippen LogP) is 5.57. The number of halogens is 4. The molecule has 3 aromatic carbocycles. The predicted molar refractivity (Wildman–Crippen MR) is 192 cm³/mol. The third-order valence-corrected chi connectivity index (χ3v) is 11.4. The van der Waals surface area contributed by atoms with E-state index in [1.165, 1.54) is 24.3 Å². The first-order valence-corrected chi connectivity index (χ1v) is 17.9.